The van der Waals surface area contributed by atoms with E-state index in [-0.39, 0.29) is 0 Å². The van der Waals surface area contributed by atoms with E-state index in [1.165, 1.54) is 0 Å². The summed E-state index contributed by atoms with van der Waals surface area (Å²) in [5.74, 6) is 0. The van der Waals surface area contributed by atoms with Crippen molar-refractivity contribution in [3.63, 3.8) is 0 Å². The van der Waals surface area contributed by atoms with E-state index in [1.54, 1.807) is 6.26 Å². The summed E-state index contributed by atoms with van der Waals surface area (Å²) in [6.07, 6.45) is 2.56. The second-order valence-corrected chi connectivity index (χ2v) is 3.95. The molecule has 2 aliphatic carbocycles. The van der Waals surface area contributed by atoms with Gasteiger partial charge in [0.05, 0.1) is 6.26 Å². The molecule has 0 atom stereocenters. The first kappa shape index (κ1) is 9.16. The van der Waals surface area contributed by atoms with Gasteiger partial charge in [-0.3, -0.25) is 4.79 Å². The molecule has 1 aromatic rings. The van der Waals surface area contributed by atoms with Gasteiger partial charge in [-0.2, -0.15) is 0 Å². The Kier molecular flexibility index (Phi) is 1.83. The third-order valence-corrected chi connectivity index (χ3v) is 2.96. The van der Waals surface area contributed by atoms with Crippen LogP contribution in [-0.4, -0.2) is 6.29 Å². The van der Waals surface area contributed by atoms with Crippen LogP contribution in [0.15, 0.2) is 41.0 Å². The number of fused-ring (bicyclic) bond motifs is 2. The molecule has 0 N–H and O–H groups in total. The number of aryl methyl sites for hydroxylation is 1. The van der Waals surface area contributed by atoms with Crippen LogP contribution in [0.25, 0.3) is 22.1 Å². The molecule has 16 heavy (non-hydrogen) atoms. The molecule has 1 heterocycles. The molecule has 0 saturated heterocycles. The summed E-state index contributed by atoms with van der Waals surface area (Å²) in [5.41, 5.74) is 4.80. The molecule has 0 saturated carbocycles. The lowest BCUT2D eigenvalue weighted by Crippen LogP contribution is -1.78. The summed E-state index contributed by atoms with van der Waals surface area (Å²) in [5, 5.41) is 1.02. The molecule has 0 aliphatic heterocycles. The average molecular weight is 210 g/mol. The number of carbonyl (C=O) groups excluding carboxylic acids is 1. The predicted molar refractivity (Wildman–Crippen MR) is 63.0 cm³/mol. The highest BCUT2D eigenvalue weighted by Gasteiger charge is 2.11. The minimum absolute atomic E-state index is 0.733. The van der Waals surface area contributed by atoms with Crippen molar-refractivity contribution in [2.45, 2.75) is 6.92 Å². The predicted octanol–water partition coefficient (Wildman–Crippen LogP) is 3.66. The SMILES string of the molecule is Cc1cc2occc2cc2c(C=O)ccc1-2. The Hall–Kier alpha value is -2.09. The molecule has 0 fully saturated rings. The maximum atomic E-state index is 10.9. The van der Waals surface area contributed by atoms with Gasteiger partial charge < -0.3 is 4.42 Å². The van der Waals surface area contributed by atoms with Crippen molar-refractivity contribution >= 4 is 17.3 Å². The Morgan fingerprint density at radius 3 is 2.81 bits per heavy atom. The number of aldehydes is 1. The zero-order valence-corrected chi connectivity index (χ0v) is 8.86. The molecule has 78 valence electrons. The maximum Gasteiger partial charge on any atom is 0.150 e. The molecule has 3 rings (SSSR count). The Labute approximate surface area is 92.8 Å². The minimum Gasteiger partial charge on any atom is -0.464 e. The zero-order valence-electron chi connectivity index (χ0n) is 8.86. The van der Waals surface area contributed by atoms with Gasteiger partial charge in [-0.05, 0) is 41.8 Å². The van der Waals surface area contributed by atoms with Gasteiger partial charge in [-0.25, -0.2) is 0 Å². The Morgan fingerprint density at radius 1 is 1.12 bits per heavy atom. The largest absolute Gasteiger partial charge is 0.464 e. The zero-order chi connectivity index (χ0) is 11.1. The second-order valence-electron chi connectivity index (χ2n) is 3.95. The van der Waals surface area contributed by atoms with E-state index >= 15 is 0 Å². The van der Waals surface area contributed by atoms with Crippen LogP contribution in [0.1, 0.15) is 15.9 Å². The Morgan fingerprint density at radius 2 is 2.00 bits per heavy atom. The van der Waals surface area contributed by atoms with Crippen molar-refractivity contribution < 1.29 is 9.21 Å². The van der Waals surface area contributed by atoms with Crippen molar-refractivity contribution in [3.05, 3.63) is 47.7 Å². The van der Waals surface area contributed by atoms with Crippen molar-refractivity contribution in [2.75, 3.05) is 0 Å². The molecule has 2 nitrogen and oxygen atoms in total. The molecule has 2 aliphatic rings. The lowest BCUT2D eigenvalue weighted by molar-refractivity contribution is 0.112. The van der Waals surface area contributed by atoms with E-state index in [2.05, 4.69) is 0 Å². The Bertz CT molecular complexity index is 649. The molecular formula is C14H10O2. The van der Waals surface area contributed by atoms with E-state index in [4.69, 9.17) is 4.42 Å². The van der Waals surface area contributed by atoms with Gasteiger partial charge in [0.25, 0.3) is 0 Å². The van der Waals surface area contributed by atoms with E-state index < -0.39 is 0 Å². The first-order valence-corrected chi connectivity index (χ1v) is 5.15. The van der Waals surface area contributed by atoms with Gasteiger partial charge in [-0.1, -0.05) is 12.1 Å². The summed E-state index contributed by atoms with van der Waals surface area (Å²) in [6, 6.07) is 9.76. The third-order valence-electron chi connectivity index (χ3n) is 2.96. The summed E-state index contributed by atoms with van der Waals surface area (Å²) >= 11 is 0. The fourth-order valence-electron chi connectivity index (χ4n) is 2.11. The van der Waals surface area contributed by atoms with Crippen LogP contribution in [0.2, 0.25) is 0 Å². The van der Waals surface area contributed by atoms with Crippen LogP contribution in [0.4, 0.5) is 0 Å². The summed E-state index contributed by atoms with van der Waals surface area (Å²) in [4.78, 5) is 10.9. The van der Waals surface area contributed by atoms with E-state index in [9.17, 15) is 4.79 Å². The molecule has 0 amide bonds. The maximum absolute atomic E-state index is 10.9. The monoisotopic (exact) mass is 210 g/mol. The molecule has 1 aromatic heterocycles. The summed E-state index contributed by atoms with van der Waals surface area (Å²) in [6.45, 7) is 2.03. The number of hydrogen-bond acceptors (Lipinski definition) is 2. The Balaban J connectivity index is 2.50. The molecule has 0 radical (unpaired) electrons. The van der Waals surface area contributed by atoms with Gasteiger partial charge in [0, 0.05) is 10.9 Å². The van der Waals surface area contributed by atoms with Crippen LogP contribution in [0.3, 0.4) is 0 Å². The molecule has 0 spiro atoms. The molecule has 2 heteroatoms. The number of rotatable bonds is 1. The van der Waals surface area contributed by atoms with E-state index in [1.807, 2.05) is 37.3 Å². The molecule has 0 bridgehead atoms. The van der Waals surface area contributed by atoms with Gasteiger partial charge in [0.15, 0.2) is 6.29 Å². The van der Waals surface area contributed by atoms with Gasteiger partial charge in [0.1, 0.15) is 5.58 Å². The quantitative estimate of drug-likeness (QED) is 0.574. The van der Waals surface area contributed by atoms with Crippen molar-refractivity contribution in [3.8, 4) is 11.1 Å². The summed E-state index contributed by atoms with van der Waals surface area (Å²) < 4.78 is 5.38. The lowest BCUT2D eigenvalue weighted by Gasteiger charge is -1.96. The van der Waals surface area contributed by atoms with Crippen LogP contribution in [-0.2, 0) is 0 Å². The summed E-state index contributed by atoms with van der Waals surface area (Å²) in [7, 11) is 0. The van der Waals surface area contributed by atoms with Crippen molar-refractivity contribution in [1.29, 1.82) is 0 Å². The number of carbonyl (C=O) groups is 1. The molecule has 0 unspecified atom stereocenters. The molecular weight excluding hydrogens is 200 g/mol. The topological polar surface area (TPSA) is 30.2 Å². The second kappa shape index (κ2) is 3.20. The third kappa shape index (κ3) is 1.16. The first-order chi connectivity index (χ1) is 7.79. The van der Waals surface area contributed by atoms with Crippen LogP contribution in [0.5, 0.6) is 0 Å². The van der Waals surface area contributed by atoms with Gasteiger partial charge in [-0.15, -0.1) is 0 Å². The first-order valence-electron chi connectivity index (χ1n) is 5.15. The highest BCUT2D eigenvalue weighted by atomic mass is 16.3. The van der Waals surface area contributed by atoms with Gasteiger partial charge in [0.2, 0.25) is 0 Å². The standard InChI is InChI=1S/C14H10O2/c1-9-6-14-10(4-5-16-14)7-13-11(8-15)2-3-12(9)13/h2-8H,1H3. The fraction of sp³-hybridized carbons (Fsp3) is 0.0714. The van der Waals surface area contributed by atoms with Crippen molar-refractivity contribution in [1.82, 2.24) is 0 Å². The smallest absolute Gasteiger partial charge is 0.150 e. The molecule has 0 aromatic carbocycles. The lowest BCUT2D eigenvalue weighted by atomic mass is 10.1. The van der Waals surface area contributed by atoms with Crippen LogP contribution in [0, 0.1) is 6.92 Å². The number of hydrogen-bond donors (Lipinski definition) is 0. The van der Waals surface area contributed by atoms with Crippen LogP contribution < -0.4 is 0 Å². The normalized spacial score (nSPS) is 11.1. The highest BCUT2D eigenvalue weighted by molar-refractivity contribution is 5.95. The highest BCUT2D eigenvalue weighted by Crippen LogP contribution is 2.32. The fourth-order valence-corrected chi connectivity index (χ4v) is 2.11. The van der Waals surface area contributed by atoms with E-state index in [0.29, 0.717) is 0 Å². The van der Waals surface area contributed by atoms with Crippen LogP contribution >= 0.6 is 0 Å². The number of furan rings is 1. The van der Waals surface area contributed by atoms with Crippen molar-refractivity contribution in [2.24, 2.45) is 0 Å². The van der Waals surface area contributed by atoms with E-state index in [0.717, 1.165) is 39.5 Å². The average Bonchev–Trinajstić information content (AvgIpc) is 2.84. The minimum atomic E-state index is 0.733. The van der Waals surface area contributed by atoms with Gasteiger partial charge >= 0.3 is 0 Å².